The minimum Gasteiger partial charge on any atom is -0.377 e. The third kappa shape index (κ3) is 3.32. The van der Waals surface area contributed by atoms with Crippen LogP contribution in [0.5, 0.6) is 0 Å². The van der Waals surface area contributed by atoms with Gasteiger partial charge in [-0.05, 0) is 26.3 Å². The molecule has 0 radical (unpaired) electrons. The standard InChI is InChI=1S/C12H23N3O/c1-5-10-7-11(15(4)14-10)8-12(13)9(3)16-6-2/h7,9,12H,5-6,8,13H2,1-4H3. The van der Waals surface area contributed by atoms with Gasteiger partial charge in [-0.2, -0.15) is 5.10 Å². The van der Waals surface area contributed by atoms with Gasteiger partial charge in [0.15, 0.2) is 0 Å². The Hall–Kier alpha value is -0.870. The zero-order chi connectivity index (χ0) is 12.1. The molecule has 0 spiro atoms. The Morgan fingerprint density at radius 3 is 2.69 bits per heavy atom. The van der Waals surface area contributed by atoms with Crippen LogP contribution < -0.4 is 5.73 Å². The lowest BCUT2D eigenvalue weighted by Crippen LogP contribution is -2.37. The van der Waals surface area contributed by atoms with Crippen molar-refractivity contribution in [1.82, 2.24) is 9.78 Å². The summed E-state index contributed by atoms with van der Waals surface area (Å²) in [5.74, 6) is 0. The summed E-state index contributed by atoms with van der Waals surface area (Å²) in [5, 5.41) is 4.41. The van der Waals surface area contributed by atoms with Crippen LogP contribution in [0.15, 0.2) is 6.07 Å². The molecule has 0 saturated carbocycles. The largest absolute Gasteiger partial charge is 0.377 e. The van der Waals surface area contributed by atoms with Crippen LogP contribution >= 0.6 is 0 Å². The first-order chi connectivity index (χ1) is 7.58. The SMILES string of the molecule is CCOC(C)C(N)Cc1cc(CC)nn1C. The Morgan fingerprint density at radius 2 is 2.19 bits per heavy atom. The minimum absolute atomic E-state index is 0.0278. The summed E-state index contributed by atoms with van der Waals surface area (Å²) in [4.78, 5) is 0. The van der Waals surface area contributed by atoms with Crippen LogP contribution in [0.1, 0.15) is 32.2 Å². The van der Waals surface area contributed by atoms with Crippen molar-refractivity contribution >= 4 is 0 Å². The molecule has 4 nitrogen and oxygen atoms in total. The van der Waals surface area contributed by atoms with Gasteiger partial charge in [0.05, 0.1) is 11.8 Å². The van der Waals surface area contributed by atoms with Crippen molar-refractivity contribution in [1.29, 1.82) is 0 Å². The smallest absolute Gasteiger partial charge is 0.0701 e. The molecule has 0 aromatic carbocycles. The maximum absolute atomic E-state index is 6.09. The van der Waals surface area contributed by atoms with Crippen LogP contribution in [0.4, 0.5) is 0 Å². The molecule has 92 valence electrons. The van der Waals surface area contributed by atoms with E-state index in [9.17, 15) is 0 Å². The maximum atomic E-state index is 6.09. The second kappa shape index (κ2) is 6.01. The van der Waals surface area contributed by atoms with Crippen molar-refractivity contribution in [3.8, 4) is 0 Å². The van der Waals surface area contributed by atoms with Crippen molar-refractivity contribution < 1.29 is 4.74 Å². The number of aromatic nitrogens is 2. The van der Waals surface area contributed by atoms with Crippen LogP contribution in [0.25, 0.3) is 0 Å². The molecule has 0 aliphatic rings. The van der Waals surface area contributed by atoms with E-state index in [1.165, 1.54) is 5.69 Å². The molecular formula is C12H23N3O. The number of nitrogens with zero attached hydrogens (tertiary/aromatic N) is 2. The predicted octanol–water partition coefficient (Wildman–Crippen LogP) is 1.28. The molecule has 2 unspecified atom stereocenters. The first kappa shape index (κ1) is 13.2. The highest BCUT2D eigenvalue weighted by Crippen LogP contribution is 2.09. The van der Waals surface area contributed by atoms with Crippen LogP contribution in [-0.2, 0) is 24.6 Å². The van der Waals surface area contributed by atoms with E-state index in [0.717, 1.165) is 18.5 Å². The maximum Gasteiger partial charge on any atom is 0.0701 e. The van der Waals surface area contributed by atoms with Gasteiger partial charge in [0, 0.05) is 31.8 Å². The number of ether oxygens (including phenoxy) is 1. The van der Waals surface area contributed by atoms with Gasteiger partial charge in [0.25, 0.3) is 0 Å². The number of aryl methyl sites for hydroxylation is 2. The van der Waals surface area contributed by atoms with Crippen molar-refractivity contribution in [3.05, 3.63) is 17.5 Å². The zero-order valence-corrected chi connectivity index (χ0v) is 10.7. The Labute approximate surface area is 97.8 Å². The van der Waals surface area contributed by atoms with E-state index in [-0.39, 0.29) is 12.1 Å². The van der Waals surface area contributed by atoms with E-state index in [1.54, 1.807) is 0 Å². The fourth-order valence-corrected chi connectivity index (χ4v) is 1.73. The monoisotopic (exact) mass is 225 g/mol. The number of hydrogen-bond donors (Lipinski definition) is 1. The molecule has 4 heteroatoms. The highest BCUT2D eigenvalue weighted by molar-refractivity contribution is 5.11. The fraction of sp³-hybridized carbons (Fsp3) is 0.750. The molecule has 1 aromatic heterocycles. The van der Waals surface area contributed by atoms with E-state index in [1.807, 2.05) is 25.6 Å². The molecule has 0 aliphatic carbocycles. The fourth-order valence-electron chi connectivity index (χ4n) is 1.73. The van der Waals surface area contributed by atoms with Crippen LogP contribution in [-0.4, -0.2) is 28.5 Å². The van der Waals surface area contributed by atoms with Gasteiger partial charge in [-0.15, -0.1) is 0 Å². The van der Waals surface area contributed by atoms with Gasteiger partial charge >= 0.3 is 0 Å². The van der Waals surface area contributed by atoms with Gasteiger partial charge in [-0.25, -0.2) is 0 Å². The van der Waals surface area contributed by atoms with E-state index < -0.39 is 0 Å². The zero-order valence-electron chi connectivity index (χ0n) is 10.7. The lowest BCUT2D eigenvalue weighted by Gasteiger charge is -2.19. The van der Waals surface area contributed by atoms with Crippen molar-refractivity contribution in [2.45, 2.75) is 45.8 Å². The van der Waals surface area contributed by atoms with Gasteiger partial charge < -0.3 is 10.5 Å². The Morgan fingerprint density at radius 1 is 1.50 bits per heavy atom. The van der Waals surface area contributed by atoms with Crippen LogP contribution in [0.2, 0.25) is 0 Å². The van der Waals surface area contributed by atoms with Crippen LogP contribution in [0.3, 0.4) is 0 Å². The Balaban J connectivity index is 2.61. The van der Waals surface area contributed by atoms with Crippen LogP contribution in [0, 0.1) is 0 Å². The molecule has 0 bridgehead atoms. The predicted molar refractivity (Wildman–Crippen MR) is 65.4 cm³/mol. The Kier molecular flexibility index (Phi) is 4.96. The molecule has 2 atom stereocenters. The lowest BCUT2D eigenvalue weighted by molar-refractivity contribution is 0.0573. The summed E-state index contributed by atoms with van der Waals surface area (Å²) in [7, 11) is 1.96. The van der Waals surface area contributed by atoms with E-state index in [4.69, 9.17) is 10.5 Å². The average Bonchev–Trinajstić information content (AvgIpc) is 2.60. The molecule has 0 saturated heterocycles. The van der Waals surface area contributed by atoms with Gasteiger partial charge in [-0.3, -0.25) is 4.68 Å². The summed E-state index contributed by atoms with van der Waals surface area (Å²) in [6.07, 6.45) is 1.86. The van der Waals surface area contributed by atoms with Gasteiger partial charge in [0.2, 0.25) is 0 Å². The quantitative estimate of drug-likeness (QED) is 0.793. The highest BCUT2D eigenvalue weighted by Gasteiger charge is 2.15. The normalized spacial score (nSPS) is 15.1. The molecule has 0 amide bonds. The average molecular weight is 225 g/mol. The van der Waals surface area contributed by atoms with Crippen molar-refractivity contribution in [3.63, 3.8) is 0 Å². The van der Waals surface area contributed by atoms with E-state index in [2.05, 4.69) is 18.1 Å². The number of hydrogen-bond acceptors (Lipinski definition) is 3. The molecule has 16 heavy (non-hydrogen) atoms. The summed E-state index contributed by atoms with van der Waals surface area (Å²) in [6, 6.07) is 2.15. The molecule has 1 heterocycles. The van der Waals surface area contributed by atoms with E-state index in [0.29, 0.717) is 6.61 Å². The topological polar surface area (TPSA) is 53.1 Å². The highest BCUT2D eigenvalue weighted by atomic mass is 16.5. The third-order valence-electron chi connectivity index (χ3n) is 2.87. The first-order valence-corrected chi connectivity index (χ1v) is 5.97. The molecule has 0 fully saturated rings. The molecule has 0 aliphatic heterocycles. The number of nitrogens with two attached hydrogens (primary N) is 1. The molecule has 2 N–H and O–H groups in total. The van der Waals surface area contributed by atoms with Gasteiger partial charge in [-0.1, -0.05) is 6.92 Å². The lowest BCUT2D eigenvalue weighted by atomic mass is 10.1. The second-order valence-corrected chi connectivity index (χ2v) is 4.13. The molecule has 1 aromatic rings. The van der Waals surface area contributed by atoms with E-state index >= 15 is 0 Å². The van der Waals surface area contributed by atoms with Crippen molar-refractivity contribution in [2.24, 2.45) is 12.8 Å². The van der Waals surface area contributed by atoms with Crippen molar-refractivity contribution in [2.75, 3.05) is 6.61 Å². The summed E-state index contributed by atoms with van der Waals surface area (Å²) in [5.41, 5.74) is 8.38. The van der Waals surface area contributed by atoms with Gasteiger partial charge in [0.1, 0.15) is 0 Å². The molecule has 1 rings (SSSR count). The summed E-state index contributed by atoms with van der Waals surface area (Å²) in [6.45, 7) is 6.82. The Bertz CT molecular complexity index is 322. The third-order valence-corrected chi connectivity index (χ3v) is 2.87. The summed E-state index contributed by atoms with van der Waals surface area (Å²) < 4.78 is 7.41. The molecular weight excluding hydrogens is 202 g/mol. The summed E-state index contributed by atoms with van der Waals surface area (Å²) >= 11 is 0. The first-order valence-electron chi connectivity index (χ1n) is 5.97. The minimum atomic E-state index is 0.0278. The second-order valence-electron chi connectivity index (χ2n) is 4.13. The number of rotatable bonds is 6.